The molecule has 2 N–H and O–H groups in total. The number of hydrogen-bond acceptors (Lipinski definition) is 5. The highest BCUT2D eigenvalue weighted by atomic mass is 16.2. The van der Waals surface area contributed by atoms with Crippen molar-refractivity contribution in [2.75, 3.05) is 10.6 Å². The van der Waals surface area contributed by atoms with Crippen LogP contribution in [0.1, 0.15) is 37.8 Å². The Hall–Kier alpha value is -2.50. The molecule has 0 spiro atoms. The van der Waals surface area contributed by atoms with Crippen molar-refractivity contribution in [2.45, 2.75) is 40.5 Å². The largest absolute Gasteiger partial charge is 0.399 e. The number of benzene rings is 1. The second kappa shape index (κ2) is 6.98. The molecule has 0 aliphatic heterocycles. The van der Waals surface area contributed by atoms with Gasteiger partial charge in [0.15, 0.2) is 0 Å². The Kier molecular flexibility index (Phi) is 5.56. The summed E-state index contributed by atoms with van der Waals surface area (Å²) < 4.78 is 0. The van der Waals surface area contributed by atoms with Gasteiger partial charge in [-0.15, -0.1) is 0 Å². The van der Waals surface area contributed by atoms with Crippen LogP contribution < -0.4 is 10.6 Å². The maximum Gasteiger partial charge on any atom is 0.241 e. The van der Waals surface area contributed by atoms with Gasteiger partial charge in [0.05, 0.1) is 18.5 Å². The van der Waals surface area contributed by atoms with Crippen molar-refractivity contribution in [3.05, 3.63) is 23.3 Å². The van der Waals surface area contributed by atoms with E-state index in [0.29, 0.717) is 22.5 Å². The summed E-state index contributed by atoms with van der Waals surface area (Å²) in [5.74, 6) is -2.00. The molecular weight excluding hydrogens is 284 g/mol. The number of anilines is 2. The van der Waals surface area contributed by atoms with Gasteiger partial charge >= 0.3 is 0 Å². The molecule has 0 aromatic heterocycles. The number of hydrogen-bond donors (Lipinski definition) is 1. The van der Waals surface area contributed by atoms with Gasteiger partial charge in [0, 0.05) is 5.69 Å². The Labute approximate surface area is 129 Å². The average Bonchev–Trinajstić information content (AvgIpc) is 2.33. The maximum atomic E-state index is 12.3. The van der Waals surface area contributed by atoms with Gasteiger partial charge in [-0.2, -0.15) is 0 Å². The van der Waals surface area contributed by atoms with E-state index in [-0.39, 0.29) is 11.6 Å². The highest BCUT2D eigenvalue weighted by Gasteiger charge is 2.26. The van der Waals surface area contributed by atoms with Gasteiger partial charge in [-0.3, -0.25) is 19.2 Å². The summed E-state index contributed by atoms with van der Waals surface area (Å²) in [7, 11) is 0. The molecule has 0 aliphatic rings. The van der Waals surface area contributed by atoms with E-state index in [2.05, 4.69) is 0 Å². The van der Waals surface area contributed by atoms with E-state index in [0.717, 1.165) is 4.90 Å². The van der Waals surface area contributed by atoms with Crippen LogP contribution in [0.5, 0.6) is 0 Å². The fraction of sp³-hybridized carbons (Fsp3) is 0.375. The van der Waals surface area contributed by atoms with E-state index >= 15 is 0 Å². The molecule has 0 bridgehead atoms. The number of imide groups is 1. The summed E-state index contributed by atoms with van der Waals surface area (Å²) in [6, 6.07) is 3.26. The molecule has 118 valence electrons. The highest BCUT2D eigenvalue weighted by Crippen LogP contribution is 2.27. The minimum Gasteiger partial charge on any atom is -0.399 e. The maximum absolute atomic E-state index is 12.3. The number of Topliss-reactive ketones (excluding diaryl/α,β-unsaturated/α-hetero) is 2. The minimum absolute atomic E-state index is 0.351. The second-order valence-corrected chi connectivity index (χ2v) is 5.38. The number of carbonyl (C=O) groups excluding carboxylic acids is 4. The normalized spacial score (nSPS) is 10.2. The van der Waals surface area contributed by atoms with Crippen LogP contribution in [-0.4, -0.2) is 23.4 Å². The zero-order valence-corrected chi connectivity index (χ0v) is 13.2. The molecule has 0 atom stereocenters. The highest BCUT2D eigenvalue weighted by molar-refractivity contribution is 6.22. The first-order chi connectivity index (χ1) is 10.1. The van der Waals surface area contributed by atoms with Crippen LogP contribution >= 0.6 is 0 Å². The molecule has 1 aromatic rings. The molecular formula is C16H20N2O4. The molecule has 0 saturated heterocycles. The van der Waals surface area contributed by atoms with E-state index in [4.69, 9.17) is 5.73 Å². The van der Waals surface area contributed by atoms with E-state index in [1.807, 2.05) is 0 Å². The summed E-state index contributed by atoms with van der Waals surface area (Å²) in [6.07, 6.45) is -0.793. The molecule has 22 heavy (non-hydrogen) atoms. The van der Waals surface area contributed by atoms with Crippen molar-refractivity contribution in [1.82, 2.24) is 0 Å². The first-order valence-electron chi connectivity index (χ1n) is 6.84. The van der Waals surface area contributed by atoms with Crippen LogP contribution in [0.15, 0.2) is 12.1 Å². The third-order valence-corrected chi connectivity index (χ3v) is 3.12. The Bertz CT molecular complexity index is 622. The van der Waals surface area contributed by atoms with Crippen LogP contribution in [-0.2, 0) is 19.2 Å². The van der Waals surface area contributed by atoms with Crippen molar-refractivity contribution < 1.29 is 19.2 Å². The summed E-state index contributed by atoms with van der Waals surface area (Å²) >= 11 is 0. The third kappa shape index (κ3) is 4.25. The van der Waals surface area contributed by atoms with Crippen molar-refractivity contribution in [1.29, 1.82) is 0 Å². The minimum atomic E-state index is -0.647. The number of amides is 2. The predicted octanol–water partition coefficient (Wildman–Crippen LogP) is 1.70. The number of nitrogen functional groups attached to an aromatic ring is 1. The first-order valence-corrected chi connectivity index (χ1v) is 6.84. The summed E-state index contributed by atoms with van der Waals surface area (Å²) in [4.78, 5) is 47.8. The second-order valence-electron chi connectivity index (χ2n) is 5.38. The van der Waals surface area contributed by atoms with Crippen LogP contribution in [0, 0.1) is 13.8 Å². The SMILES string of the molecule is CC(=O)CC(=O)N(C(=O)CC(C)=O)c1cc(C)c(N)cc1C. The number of nitrogens with two attached hydrogens (primary N) is 1. The molecule has 0 unspecified atom stereocenters. The van der Waals surface area contributed by atoms with E-state index in [9.17, 15) is 19.2 Å². The molecule has 6 nitrogen and oxygen atoms in total. The quantitative estimate of drug-likeness (QED) is 0.659. The lowest BCUT2D eigenvalue weighted by Gasteiger charge is -2.23. The lowest BCUT2D eigenvalue weighted by Crippen LogP contribution is -2.39. The van der Waals surface area contributed by atoms with Gasteiger partial charge in [0.2, 0.25) is 11.8 Å². The van der Waals surface area contributed by atoms with Crippen molar-refractivity contribution in [3.8, 4) is 0 Å². The molecule has 0 aliphatic carbocycles. The van der Waals surface area contributed by atoms with Gasteiger partial charge < -0.3 is 5.73 Å². The monoisotopic (exact) mass is 304 g/mol. The Morgan fingerprint density at radius 2 is 1.36 bits per heavy atom. The fourth-order valence-electron chi connectivity index (χ4n) is 2.06. The Balaban J connectivity index is 3.34. The number of carbonyl (C=O) groups is 4. The molecule has 1 rings (SSSR count). The average molecular weight is 304 g/mol. The summed E-state index contributed by atoms with van der Waals surface area (Å²) in [5, 5.41) is 0. The Morgan fingerprint density at radius 3 is 1.77 bits per heavy atom. The molecule has 2 amide bonds. The van der Waals surface area contributed by atoms with Gasteiger partial charge in [0.1, 0.15) is 11.6 Å². The topological polar surface area (TPSA) is 97.5 Å². The van der Waals surface area contributed by atoms with E-state index < -0.39 is 24.7 Å². The molecule has 1 aromatic carbocycles. The van der Waals surface area contributed by atoms with Gasteiger partial charge in [-0.25, -0.2) is 4.90 Å². The van der Waals surface area contributed by atoms with E-state index in [1.54, 1.807) is 26.0 Å². The fourth-order valence-corrected chi connectivity index (χ4v) is 2.06. The smallest absolute Gasteiger partial charge is 0.241 e. The third-order valence-electron chi connectivity index (χ3n) is 3.12. The summed E-state index contributed by atoms with van der Waals surface area (Å²) in [6.45, 7) is 6.00. The number of nitrogens with zero attached hydrogens (tertiary/aromatic N) is 1. The molecule has 0 fully saturated rings. The zero-order chi connectivity index (χ0) is 17.0. The van der Waals surface area contributed by atoms with Crippen LogP contribution in [0.25, 0.3) is 0 Å². The lowest BCUT2D eigenvalue weighted by atomic mass is 10.1. The van der Waals surface area contributed by atoms with Crippen LogP contribution in [0.4, 0.5) is 11.4 Å². The number of aryl methyl sites for hydroxylation is 2. The van der Waals surface area contributed by atoms with Gasteiger partial charge in [-0.1, -0.05) is 0 Å². The zero-order valence-electron chi connectivity index (χ0n) is 13.2. The van der Waals surface area contributed by atoms with Gasteiger partial charge in [-0.05, 0) is 51.0 Å². The first kappa shape index (κ1) is 17.6. The van der Waals surface area contributed by atoms with Crippen molar-refractivity contribution in [3.63, 3.8) is 0 Å². The van der Waals surface area contributed by atoms with Crippen LogP contribution in [0.2, 0.25) is 0 Å². The van der Waals surface area contributed by atoms with Crippen molar-refractivity contribution >= 4 is 34.8 Å². The predicted molar refractivity (Wildman–Crippen MR) is 83.4 cm³/mol. The Morgan fingerprint density at radius 1 is 0.909 bits per heavy atom. The van der Waals surface area contributed by atoms with Crippen molar-refractivity contribution in [2.24, 2.45) is 0 Å². The standard InChI is InChI=1S/C16H20N2O4/c1-9-6-14(10(2)5-13(9)17)18(15(21)7-11(3)19)16(22)8-12(4)20/h5-6H,7-8,17H2,1-4H3. The lowest BCUT2D eigenvalue weighted by molar-refractivity contribution is -0.130. The van der Waals surface area contributed by atoms with Gasteiger partial charge in [0.25, 0.3) is 0 Å². The molecule has 0 saturated carbocycles. The molecule has 6 heteroatoms. The summed E-state index contributed by atoms with van der Waals surface area (Å²) in [5.41, 5.74) is 8.03. The molecule has 0 radical (unpaired) electrons. The molecule has 0 heterocycles. The number of rotatable bonds is 5. The van der Waals surface area contributed by atoms with Crippen LogP contribution in [0.3, 0.4) is 0 Å². The number of ketones is 2. The van der Waals surface area contributed by atoms with E-state index in [1.165, 1.54) is 13.8 Å².